The molecule has 0 aliphatic heterocycles. The van der Waals surface area contributed by atoms with Crippen molar-refractivity contribution in [2.24, 2.45) is 11.8 Å². The second-order valence-corrected chi connectivity index (χ2v) is 6.15. The van der Waals surface area contributed by atoms with E-state index < -0.39 is 4.92 Å². The molecule has 0 N–H and O–H groups in total. The lowest BCUT2D eigenvalue weighted by Crippen LogP contribution is -2.26. The molecule has 0 bridgehead atoms. The Balaban J connectivity index is 1.94. The van der Waals surface area contributed by atoms with Gasteiger partial charge in [-0.15, -0.1) is 0 Å². The Hall–Kier alpha value is -1.13. The molecule has 3 atom stereocenters. The third-order valence-corrected chi connectivity index (χ3v) is 4.56. The molecule has 1 aromatic rings. The fourth-order valence-electron chi connectivity index (χ4n) is 2.65. The second kappa shape index (κ2) is 6.55. The number of hydrogen-bond donors (Lipinski definition) is 0. The lowest BCUT2D eigenvalue weighted by molar-refractivity contribution is -0.384. The molecule has 4 nitrogen and oxygen atoms in total. The van der Waals surface area contributed by atoms with Gasteiger partial charge in [-0.1, -0.05) is 31.5 Å². The molecule has 1 aliphatic rings. The van der Waals surface area contributed by atoms with Crippen LogP contribution in [0.25, 0.3) is 0 Å². The number of nitrogens with zero attached hydrogens (tertiary/aromatic N) is 1. The molecular formula is C15H20ClNO3. The molecule has 1 aliphatic carbocycles. The maximum absolute atomic E-state index is 10.8. The van der Waals surface area contributed by atoms with Crippen LogP contribution >= 0.6 is 11.6 Å². The summed E-state index contributed by atoms with van der Waals surface area (Å²) in [5.74, 6) is 1.43. The predicted octanol–water partition coefficient (Wildman–Crippen LogP) is 4.59. The summed E-state index contributed by atoms with van der Waals surface area (Å²) < 4.78 is 5.90. The minimum atomic E-state index is -0.462. The highest BCUT2D eigenvalue weighted by atomic mass is 35.5. The average molecular weight is 298 g/mol. The summed E-state index contributed by atoms with van der Waals surface area (Å²) in [7, 11) is 0. The topological polar surface area (TPSA) is 52.4 Å². The molecule has 20 heavy (non-hydrogen) atoms. The van der Waals surface area contributed by atoms with E-state index in [1.165, 1.54) is 12.5 Å². The number of rotatable bonds is 4. The van der Waals surface area contributed by atoms with Gasteiger partial charge in [0.1, 0.15) is 5.02 Å². The van der Waals surface area contributed by atoms with Gasteiger partial charge >= 0.3 is 0 Å². The van der Waals surface area contributed by atoms with E-state index in [1.54, 1.807) is 12.1 Å². The zero-order valence-electron chi connectivity index (χ0n) is 11.8. The van der Waals surface area contributed by atoms with Crippen molar-refractivity contribution in [3.63, 3.8) is 0 Å². The molecule has 110 valence electrons. The Morgan fingerprint density at radius 1 is 1.35 bits per heavy atom. The highest BCUT2D eigenvalue weighted by Crippen LogP contribution is 2.32. The Labute approximate surface area is 124 Å². The van der Waals surface area contributed by atoms with Crippen molar-refractivity contribution < 1.29 is 9.66 Å². The van der Waals surface area contributed by atoms with Gasteiger partial charge in [0.15, 0.2) is 0 Å². The molecule has 1 saturated carbocycles. The highest BCUT2D eigenvalue weighted by Gasteiger charge is 2.25. The van der Waals surface area contributed by atoms with E-state index in [1.807, 2.05) is 0 Å². The van der Waals surface area contributed by atoms with E-state index >= 15 is 0 Å². The number of nitro groups is 1. The zero-order chi connectivity index (χ0) is 14.7. The predicted molar refractivity (Wildman–Crippen MR) is 78.9 cm³/mol. The summed E-state index contributed by atoms with van der Waals surface area (Å²) in [5.41, 5.74) is 0.741. The zero-order valence-corrected chi connectivity index (χ0v) is 12.6. The number of hydrogen-bond acceptors (Lipinski definition) is 3. The van der Waals surface area contributed by atoms with Gasteiger partial charge < -0.3 is 4.74 Å². The fourth-order valence-corrected chi connectivity index (χ4v) is 2.84. The Morgan fingerprint density at radius 2 is 2.10 bits per heavy atom. The van der Waals surface area contributed by atoms with Crippen molar-refractivity contribution in [1.82, 2.24) is 0 Å². The van der Waals surface area contributed by atoms with Gasteiger partial charge in [-0.25, -0.2) is 0 Å². The van der Waals surface area contributed by atoms with Crippen molar-refractivity contribution in [2.45, 2.75) is 45.8 Å². The normalized spacial score (nSPS) is 26.4. The van der Waals surface area contributed by atoms with Gasteiger partial charge in [0.25, 0.3) is 5.69 Å². The largest absolute Gasteiger partial charge is 0.374 e. The van der Waals surface area contributed by atoms with Crippen molar-refractivity contribution in [3.05, 3.63) is 38.9 Å². The van der Waals surface area contributed by atoms with Crippen LogP contribution in [-0.2, 0) is 11.3 Å². The van der Waals surface area contributed by atoms with Crippen molar-refractivity contribution in [2.75, 3.05) is 0 Å². The standard InChI is InChI=1S/C15H20ClNO3/c1-10-3-5-13(7-11(10)2)20-9-12-4-6-14(16)15(8-12)17(18)19/h4,6,8,10-11,13H,3,5,7,9H2,1-2H3. The smallest absolute Gasteiger partial charge is 0.288 e. The number of halogens is 1. The molecule has 5 heteroatoms. The Bertz CT molecular complexity index is 492. The minimum Gasteiger partial charge on any atom is -0.374 e. The van der Waals surface area contributed by atoms with Crippen LogP contribution < -0.4 is 0 Å². The van der Waals surface area contributed by atoms with Crippen LogP contribution in [0.1, 0.15) is 38.7 Å². The minimum absolute atomic E-state index is 0.0570. The third kappa shape index (κ3) is 3.70. The van der Waals surface area contributed by atoms with Gasteiger partial charge in [-0.3, -0.25) is 10.1 Å². The third-order valence-electron chi connectivity index (χ3n) is 4.24. The van der Waals surface area contributed by atoms with Gasteiger partial charge in [-0.05, 0) is 42.7 Å². The Kier molecular flexibility index (Phi) is 5.00. The molecular weight excluding hydrogens is 278 g/mol. The molecule has 1 aromatic carbocycles. The summed E-state index contributed by atoms with van der Waals surface area (Å²) in [5, 5.41) is 11.0. The van der Waals surface area contributed by atoms with E-state index in [0.717, 1.165) is 24.3 Å². The molecule has 2 rings (SSSR count). The highest BCUT2D eigenvalue weighted by molar-refractivity contribution is 6.32. The maximum Gasteiger partial charge on any atom is 0.288 e. The molecule has 1 fully saturated rings. The van der Waals surface area contributed by atoms with E-state index in [4.69, 9.17) is 16.3 Å². The number of ether oxygens (including phenoxy) is 1. The lowest BCUT2D eigenvalue weighted by Gasteiger charge is -2.31. The van der Waals surface area contributed by atoms with Gasteiger partial charge in [0.2, 0.25) is 0 Å². The first-order chi connectivity index (χ1) is 9.47. The van der Waals surface area contributed by atoms with Gasteiger partial charge in [0.05, 0.1) is 17.6 Å². The van der Waals surface area contributed by atoms with Gasteiger partial charge in [0, 0.05) is 6.07 Å². The molecule has 0 saturated heterocycles. The first-order valence-corrected chi connectivity index (χ1v) is 7.39. The molecule has 0 radical (unpaired) electrons. The van der Waals surface area contributed by atoms with Crippen LogP contribution in [0.4, 0.5) is 5.69 Å². The summed E-state index contributed by atoms with van der Waals surface area (Å²) in [6.07, 6.45) is 3.58. The first-order valence-electron chi connectivity index (χ1n) is 7.01. The van der Waals surface area contributed by atoms with E-state index in [-0.39, 0.29) is 16.8 Å². The van der Waals surface area contributed by atoms with Crippen LogP contribution in [0.2, 0.25) is 5.02 Å². The molecule has 0 amide bonds. The van der Waals surface area contributed by atoms with Crippen LogP contribution in [0.3, 0.4) is 0 Å². The summed E-state index contributed by atoms with van der Waals surface area (Å²) in [6.45, 7) is 4.94. The number of benzene rings is 1. The Morgan fingerprint density at radius 3 is 2.75 bits per heavy atom. The first kappa shape index (κ1) is 15.3. The van der Waals surface area contributed by atoms with E-state index in [2.05, 4.69) is 13.8 Å². The monoisotopic (exact) mass is 297 g/mol. The SMILES string of the molecule is CC1CCC(OCc2ccc(Cl)c([N+](=O)[O-])c2)CC1C. The molecule has 0 heterocycles. The van der Waals surface area contributed by atoms with Crippen LogP contribution in [0.5, 0.6) is 0 Å². The van der Waals surface area contributed by atoms with Crippen LogP contribution in [0, 0.1) is 22.0 Å². The fraction of sp³-hybridized carbons (Fsp3) is 0.600. The number of nitro benzene ring substituents is 1. The van der Waals surface area contributed by atoms with E-state index in [0.29, 0.717) is 12.5 Å². The van der Waals surface area contributed by atoms with E-state index in [9.17, 15) is 10.1 Å². The lowest BCUT2D eigenvalue weighted by atomic mass is 9.80. The maximum atomic E-state index is 10.8. The quantitative estimate of drug-likeness (QED) is 0.603. The van der Waals surface area contributed by atoms with Crippen LogP contribution in [-0.4, -0.2) is 11.0 Å². The van der Waals surface area contributed by atoms with Crippen molar-refractivity contribution in [3.8, 4) is 0 Å². The summed E-state index contributed by atoms with van der Waals surface area (Å²) in [6, 6.07) is 4.84. The van der Waals surface area contributed by atoms with Gasteiger partial charge in [-0.2, -0.15) is 0 Å². The van der Waals surface area contributed by atoms with Crippen molar-refractivity contribution >= 4 is 17.3 Å². The second-order valence-electron chi connectivity index (χ2n) is 5.74. The molecule has 0 spiro atoms. The summed E-state index contributed by atoms with van der Waals surface area (Å²) in [4.78, 5) is 10.4. The van der Waals surface area contributed by atoms with Crippen LogP contribution in [0.15, 0.2) is 18.2 Å². The molecule has 0 aromatic heterocycles. The summed E-state index contributed by atoms with van der Waals surface area (Å²) >= 11 is 5.79. The molecule has 3 unspecified atom stereocenters. The van der Waals surface area contributed by atoms with Crippen molar-refractivity contribution in [1.29, 1.82) is 0 Å². The average Bonchev–Trinajstić information content (AvgIpc) is 2.41.